The quantitative estimate of drug-likeness (QED) is 0.921. The maximum Gasteiger partial charge on any atom is 0.0901 e. The molecule has 1 aliphatic rings. The molecule has 5 nitrogen and oxygen atoms in total. The molecule has 1 fully saturated rings. The van der Waals surface area contributed by atoms with Gasteiger partial charge in [-0.2, -0.15) is 5.10 Å². The molecule has 2 aromatic heterocycles. The molecular weight excluding hydrogens is 284 g/mol. The lowest BCUT2D eigenvalue weighted by Crippen LogP contribution is -2.25. The zero-order valence-corrected chi connectivity index (χ0v) is 13.6. The van der Waals surface area contributed by atoms with Crippen LogP contribution in [0.15, 0.2) is 10.9 Å². The molecule has 1 saturated heterocycles. The van der Waals surface area contributed by atoms with E-state index in [4.69, 9.17) is 4.74 Å². The van der Waals surface area contributed by atoms with Crippen LogP contribution in [0.4, 0.5) is 0 Å². The molecule has 0 spiro atoms. The summed E-state index contributed by atoms with van der Waals surface area (Å²) in [7, 11) is 2.00. The van der Waals surface area contributed by atoms with Crippen molar-refractivity contribution in [1.82, 2.24) is 20.1 Å². The van der Waals surface area contributed by atoms with Crippen LogP contribution in [0.3, 0.4) is 0 Å². The smallest absolute Gasteiger partial charge is 0.0901 e. The van der Waals surface area contributed by atoms with Gasteiger partial charge < -0.3 is 10.1 Å². The van der Waals surface area contributed by atoms with Gasteiger partial charge in [-0.05, 0) is 20.3 Å². The third-order valence-corrected chi connectivity index (χ3v) is 4.90. The van der Waals surface area contributed by atoms with Gasteiger partial charge in [-0.15, -0.1) is 11.3 Å². The first-order valence-electron chi connectivity index (χ1n) is 7.36. The molecule has 3 rings (SSSR count). The number of ether oxygens (including phenoxy) is 1. The van der Waals surface area contributed by atoms with Crippen molar-refractivity contribution in [3.63, 3.8) is 0 Å². The van der Waals surface area contributed by atoms with Crippen LogP contribution in [0.5, 0.6) is 0 Å². The predicted octanol–water partition coefficient (Wildman–Crippen LogP) is 2.36. The highest BCUT2D eigenvalue weighted by Crippen LogP contribution is 2.37. The molecule has 0 saturated carbocycles. The van der Waals surface area contributed by atoms with Gasteiger partial charge in [0.05, 0.1) is 23.0 Å². The molecule has 2 atom stereocenters. The number of nitrogens with one attached hydrogen (secondary N) is 1. The number of nitrogens with zero attached hydrogens (tertiary/aromatic N) is 3. The molecule has 0 aliphatic carbocycles. The number of hydrogen-bond acceptors (Lipinski definition) is 5. The predicted molar refractivity (Wildman–Crippen MR) is 83.3 cm³/mol. The first-order chi connectivity index (χ1) is 10.2. The van der Waals surface area contributed by atoms with Crippen molar-refractivity contribution in [2.45, 2.75) is 32.9 Å². The second-order valence-electron chi connectivity index (χ2n) is 5.66. The normalized spacial score (nSPS) is 22.0. The number of rotatable bonds is 5. The van der Waals surface area contributed by atoms with Gasteiger partial charge in [0.15, 0.2) is 0 Å². The van der Waals surface area contributed by atoms with Gasteiger partial charge in [-0.1, -0.05) is 0 Å². The summed E-state index contributed by atoms with van der Waals surface area (Å²) < 4.78 is 7.96. The molecule has 0 amide bonds. The zero-order valence-electron chi connectivity index (χ0n) is 12.8. The highest BCUT2D eigenvalue weighted by molar-refractivity contribution is 7.07. The van der Waals surface area contributed by atoms with Crippen molar-refractivity contribution in [1.29, 1.82) is 0 Å². The van der Waals surface area contributed by atoms with Gasteiger partial charge in [-0.3, -0.25) is 4.68 Å². The summed E-state index contributed by atoms with van der Waals surface area (Å²) in [6, 6.07) is 0. The van der Waals surface area contributed by atoms with Crippen molar-refractivity contribution < 1.29 is 4.74 Å². The van der Waals surface area contributed by atoms with Crippen LogP contribution >= 0.6 is 11.3 Å². The number of hydrogen-bond donors (Lipinski definition) is 1. The minimum absolute atomic E-state index is 0.168. The first-order valence-corrected chi connectivity index (χ1v) is 8.30. The summed E-state index contributed by atoms with van der Waals surface area (Å²) >= 11 is 1.64. The lowest BCUT2D eigenvalue weighted by molar-refractivity contribution is 0.0893. The number of aromatic nitrogens is 3. The van der Waals surface area contributed by atoms with E-state index < -0.39 is 0 Å². The molecule has 1 N–H and O–H groups in total. The van der Waals surface area contributed by atoms with E-state index in [1.54, 1.807) is 11.3 Å². The van der Waals surface area contributed by atoms with E-state index in [2.05, 4.69) is 34.6 Å². The van der Waals surface area contributed by atoms with Crippen molar-refractivity contribution in [3.8, 4) is 0 Å². The third kappa shape index (κ3) is 3.02. The summed E-state index contributed by atoms with van der Waals surface area (Å²) in [6.07, 6.45) is 1.27. The van der Waals surface area contributed by atoms with Crippen molar-refractivity contribution in [2.24, 2.45) is 13.0 Å². The van der Waals surface area contributed by atoms with E-state index in [9.17, 15) is 0 Å². The molecule has 3 heterocycles. The molecule has 0 bridgehead atoms. The number of thiazole rings is 1. The fraction of sp³-hybridized carbons (Fsp3) is 0.600. The Labute approximate surface area is 129 Å². The van der Waals surface area contributed by atoms with Crippen LogP contribution < -0.4 is 5.32 Å². The van der Waals surface area contributed by atoms with Crippen LogP contribution in [-0.2, 0) is 18.3 Å². The minimum Gasteiger partial charge on any atom is -0.373 e. The Morgan fingerprint density at radius 1 is 1.48 bits per heavy atom. The molecule has 2 aromatic rings. The Morgan fingerprint density at radius 3 is 3.00 bits per heavy atom. The van der Waals surface area contributed by atoms with Crippen molar-refractivity contribution in [2.75, 3.05) is 13.2 Å². The van der Waals surface area contributed by atoms with Gasteiger partial charge in [0.2, 0.25) is 0 Å². The molecule has 1 aliphatic heterocycles. The Balaban J connectivity index is 1.65. The maximum absolute atomic E-state index is 6.01. The third-order valence-electron chi connectivity index (χ3n) is 4.26. The summed E-state index contributed by atoms with van der Waals surface area (Å²) in [5.41, 5.74) is 6.57. The Hall–Kier alpha value is -1.24. The average molecular weight is 306 g/mol. The fourth-order valence-electron chi connectivity index (χ4n) is 3.07. The average Bonchev–Trinajstić information content (AvgIpc) is 3.15. The van der Waals surface area contributed by atoms with Crippen LogP contribution in [0.25, 0.3) is 0 Å². The maximum atomic E-state index is 6.01. The molecule has 0 radical (unpaired) electrons. The van der Waals surface area contributed by atoms with E-state index in [0.717, 1.165) is 37.5 Å². The highest BCUT2D eigenvalue weighted by Gasteiger charge is 2.33. The topological polar surface area (TPSA) is 52.0 Å². The van der Waals surface area contributed by atoms with E-state index in [1.165, 1.54) is 11.3 Å². The highest BCUT2D eigenvalue weighted by atomic mass is 32.1. The minimum atomic E-state index is 0.168. The summed E-state index contributed by atoms with van der Waals surface area (Å²) in [5, 5.41) is 10.1. The molecule has 0 aromatic carbocycles. The lowest BCUT2D eigenvalue weighted by atomic mass is 9.94. The van der Waals surface area contributed by atoms with E-state index in [1.807, 2.05) is 17.2 Å². The molecule has 0 unspecified atom stereocenters. The second-order valence-corrected chi connectivity index (χ2v) is 6.38. The van der Waals surface area contributed by atoms with E-state index in [-0.39, 0.29) is 6.10 Å². The molecule has 6 heteroatoms. The monoisotopic (exact) mass is 306 g/mol. The summed E-state index contributed by atoms with van der Waals surface area (Å²) in [4.78, 5) is 4.30. The van der Waals surface area contributed by atoms with Gasteiger partial charge in [0, 0.05) is 49.3 Å². The van der Waals surface area contributed by atoms with Crippen LogP contribution in [0, 0.1) is 19.8 Å². The van der Waals surface area contributed by atoms with Crippen molar-refractivity contribution >= 4 is 11.3 Å². The largest absolute Gasteiger partial charge is 0.373 e. The Kier molecular flexibility index (Phi) is 4.37. The molecular formula is C15H22N4OS. The molecule has 114 valence electrons. The zero-order chi connectivity index (χ0) is 14.8. The van der Waals surface area contributed by atoms with Crippen LogP contribution in [0.1, 0.15) is 35.2 Å². The summed E-state index contributed by atoms with van der Waals surface area (Å²) in [6.45, 7) is 6.82. The van der Waals surface area contributed by atoms with E-state index >= 15 is 0 Å². The van der Waals surface area contributed by atoms with Crippen molar-refractivity contribution in [3.05, 3.63) is 33.5 Å². The van der Waals surface area contributed by atoms with Gasteiger partial charge in [0.25, 0.3) is 0 Å². The number of aryl methyl sites for hydroxylation is 2. The Morgan fingerprint density at radius 2 is 2.33 bits per heavy atom. The Bertz CT molecular complexity index is 593. The summed E-state index contributed by atoms with van der Waals surface area (Å²) in [5.74, 6) is 0.505. The van der Waals surface area contributed by atoms with Gasteiger partial charge in [0.1, 0.15) is 0 Å². The van der Waals surface area contributed by atoms with Gasteiger partial charge in [-0.25, -0.2) is 4.98 Å². The second kappa shape index (κ2) is 6.25. The van der Waals surface area contributed by atoms with Crippen LogP contribution in [0.2, 0.25) is 0 Å². The fourth-order valence-corrected chi connectivity index (χ4v) is 3.63. The molecule has 21 heavy (non-hydrogen) atoms. The van der Waals surface area contributed by atoms with E-state index in [0.29, 0.717) is 5.92 Å². The first kappa shape index (κ1) is 14.7. The van der Waals surface area contributed by atoms with Crippen LogP contribution in [-0.4, -0.2) is 27.9 Å². The van der Waals surface area contributed by atoms with Gasteiger partial charge >= 0.3 is 0 Å². The lowest BCUT2D eigenvalue weighted by Gasteiger charge is -2.19. The standard InChI is InChI=1S/C15H22N4OS/c1-10-14(11(2)19(3)18-10)15-12(4-5-20-15)6-16-7-13-8-21-9-17-13/h8-9,12,15-16H,4-7H2,1-3H3/t12-,15+/m0/s1. The SMILES string of the molecule is Cc1nn(C)c(C)c1[C@@H]1OCC[C@H]1CNCc1cscn1.